The predicted octanol–water partition coefficient (Wildman–Crippen LogP) is 3.58. The van der Waals surface area contributed by atoms with Crippen molar-refractivity contribution < 1.29 is 0 Å². The maximum Gasteiger partial charge on any atom is 0.194 e. The highest BCUT2D eigenvalue weighted by Crippen LogP contribution is 2.15. The monoisotopic (exact) mass is 534 g/mol. The maximum absolute atomic E-state index is 4.93. The molecular weight excluding hydrogens is 499 g/mol. The summed E-state index contributed by atoms with van der Waals surface area (Å²) in [4.78, 5) is 16.7. The van der Waals surface area contributed by atoms with E-state index in [0.29, 0.717) is 6.54 Å². The first-order chi connectivity index (χ1) is 14.8. The van der Waals surface area contributed by atoms with E-state index in [1.54, 1.807) is 0 Å². The number of likely N-dealkylation sites (tertiary alicyclic amines) is 1. The van der Waals surface area contributed by atoms with Crippen molar-refractivity contribution in [3.63, 3.8) is 0 Å². The molecule has 0 aliphatic carbocycles. The molecule has 168 valence electrons. The molecule has 0 bridgehead atoms. The van der Waals surface area contributed by atoms with Crippen LogP contribution in [0.3, 0.4) is 0 Å². The van der Waals surface area contributed by atoms with Gasteiger partial charge in [0.15, 0.2) is 5.96 Å². The number of nitrogens with one attached hydrogen (secondary N) is 1. The van der Waals surface area contributed by atoms with E-state index in [9.17, 15) is 0 Å². The second-order valence-corrected chi connectivity index (χ2v) is 8.13. The van der Waals surface area contributed by atoms with Gasteiger partial charge in [-0.2, -0.15) is 0 Å². The Hall–Kier alpha value is -1.87. The van der Waals surface area contributed by atoms with Gasteiger partial charge in [0.1, 0.15) is 5.82 Å². The number of anilines is 1. The summed E-state index contributed by atoms with van der Waals surface area (Å²) in [6.45, 7) is 11.1. The van der Waals surface area contributed by atoms with Crippen LogP contribution in [0.1, 0.15) is 30.9 Å². The number of aromatic nitrogens is 1. The molecule has 0 amide bonds. The van der Waals surface area contributed by atoms with Crippen molar-refractivity contribution in [2.24, 2.45) is 4.99 Å². The van der Waals surface area contributed by atoms with E-state index < -0.39 is 0 Å². The lowest BCUT2D eigenvalue weighted by atomic mass is 10.1. The van der Waals surface area contributed by atoms with Crippen LogP contribution in [-0.2, 0) is 13.1 Å². The molecule has 1 N–H and O–H groups in total. The van der Waals surface area contributed by atoms with Crippen LogP contribution in [0.4, 0.5) is 5.82 Å². The first-order valence-electron chi connectivity index (χ1n) is 11.3. The Morgan fingerprint density at radius 1 is 0.935 bits per heavy atom. The molecule has 0 unspecified atom stereocenters. The summed E-state index contributed by atoms with van der Waals surface area (Å²) in [7, 11) is 0. The van der Waals surface area contributed by atoms with Gasteiger partial charge in [0.05, 0.1) is 6.54 Å². The van der Waals surface area contributed by atoms with Crippen molar-refractivity contribution in [3.05, 3.63) is 59.8 Å². The average Bonchev–Trinajstić information content (AvgIpc) is 3.31. The Balaban J connectivity index is 0.00000272. The van der Waals surface area contributed by atoms with Crippen LogP contribution in [0, 0.1) is 0 Å². The molecule has 0 spiro atoms. The Kier molecular flexibility index (Phi) is 9.39. The molecule has 6 nitrogen and oxygen atoms in total. The quantitative estimate of drug-likeness (QED) is 0.349. The summed E-state index contributed by atoms with van der Waals surface area (Å²) in [5, 5.41) is 3.47. The fourth-order valence-electron chi connectivity index (χ4n) is 4.23. The van der Waals surface area contributed by atoms with Gasteiger partial charge in [-0.3, -0.25) is 4.90 Å². The number of nitrogens with zero attached hydrogens (tertiary/aromatic N) is 5. The molecule has 2 aliphatic rings. The summed E-state index contributed by atoms with van der Waals surface area (Å²) in [6, 6.07) is 15.1. The van der Waals surface area contributed by atoms with Crippen molar-refractivity contribution in [3.8, 4) is 0 Å². The van der Waals surface area contributed by atoms with E-state index in [4.69, 9.17) is 4.99 Å². The normalized spacial score (nSPS) is 17.5. The molecule has 2 aromatic rings. The van der Waals surface area contributed by atoms with Gasteiger partial charge in [-0.05, 0) is 56.1 Å². The van der Waals surface area contributed by atoms with Crippen LogP contribution < -0.4 is 10.2 Å². The fraction of sp³-hybridized carbons (Fsp3) is 0.500. The van der Waals surface area contributed by atoms with Crippen LogP contribution in [-0.4, -0.2) is 66.6 Å². The second-order valence-electron chi connectivity index (χ2n) is 8.13. The topological polar surface area (TPSA) is 47.0 Å². The molecule has 1 aromatic heterocycles. The summed E-state index contributed by atoms with van der Waals surface area (Å²) >= 11 is 0. The number of hydrogen-bond donors (Lipinski definition) is 1. The van der Waals surface area contributed by atoms with Crippen LogP contribution in [0.15, 0.2) is 53.7 Å². The Morgan fingerprint density at radius 2 is 1.65 bits per heavy atom. The number of aliphatic imine (C=N–C) groups is 1. The third-order valence-electron chi connectivity index (χ3n) is 5.93. The number of benzene rings is 1. The molecule has 0 saturated carbocycles. The summed E-state index contributed by atoms with van der Waals surface area (Å²) in [6.07, 6.45) is 4.55. The van der Waals surface area contributed by atoms with Crippen molar-refractivity contribution in [2.45, 2.75) is 32.9 Å². The molecule has 2 saturated heterocycles. The Morgan fingerprint density at radius 3 is 2.29 bits per heavy atom. The van der Waals surface area contributed by atoms with Gasteiger partial charge in [-0.15, -0.1) is 24.0 Å². The van der Waals surface area contributed by atoms with Crippen molar-refractivity contribution in [2.75, 3.05) is 50.7 Å². The number of rotatable bonds is 6. The van der Waals surface area contributed by atoms with Crippen LogP contribution >= 0.6 is 24.0 Å². The predicted molar refractivity (Wildman–Crippen MR) is 139 cm³/mol. The molecule has 0 atom stereocenters. The molecule has 7 heteroatoms. The highest BCUT2D eigenvalue weighted by Gasteiger charge is 2.20. The summed E-state index contributed by atoms with van der Waals surface area (Å²) in [5.41, 5.74) is 2.67. The minimum Gasteiger partial charge on any atom is -0.357 e. The fourth-order valence-corrected chi connectivity index (χ4v) is 4.23. The number of guanidine groups is 1. The van der Waals surface area contributed by atoms with E-state index in [1.807, 2.05) is 12.3 Å². The van der Waals surface area contributed by atoms with E-state index in [1.165, 1.54) is 37.1 Å². The van der Waals surface area contributed by atoms with E-state index in [2.05, 4.69) is 68.3 Å². The van der Waals surface area contributed by atoms with Crippen molar-refractivity contribution in [1.29, 1.82) is 0 Å². The largest absolute Gasteiger partial charge is 0.357 e. The molecular formula is C24H35IN6. The standard InChI is InChI=1S/C24H34N6.HI/c1-2-25-24(30-17-15-29(16-18-30)23-7-3-4-12-26-23)27-19-21-8-10-22(11-9-21)20-28-13-5-6-14-28;/h3-4,7-12H,2,5-6,13-20H2,1H3,(H,25,27);1H. The lowest BCUT2D eigenvalue weighted by Crippen LogP contribution is -2.52. The minimum atomic E-state index is 0. The Bertz CT molecular complexity index is 797. The lowest BCUT2D eigenvalue weighted by Gasteiger charge is -2.37. The highest BCUT2D eigenvalue weighted by molar-refractivity contribution is 14.0. The zero-order valence-electron chi connectivity index (χ0n) is 18.5. The smallest absolute Gasteiger partial charge is 0.194 e. The molecule has 0 radical (unpaired) electrons. The lowest BCUT2D eigenvalue weighted by molar-refractivity contribution is 0.331. The van der Waals surface area contributed by atoms with E-state index >= 15 is 0 Å². The number of halogens is 1. The molecule has 31 heavy (non-hydrogen) atoms. The molecule has 1 aromatic carbocycles. The zero-order valence-corrected chi connectivity index (χ0v) is 20.9. The molecule has 3 heterocycles. The van der Waals surface area contributed by atoms with Gasteiger partial charge in [-0.25, -0.2) is 9.98 Å². The van der Waals surface area contributed by atoms with Gasteiger partial charge in [0.25, 0.3) is 0 Å². The number of pyridine rings is 1. The van der Waals surface area contributed by atoms with Gasteiger partial charge in [0.2, 0.25) is 0 Å². The Labute approximate surface area is 203 Å². The third kappa shape index (κ3) is 6.80. The van der Waals surface area contributed by atoms with E-state index in [0.717, 1.165) is 51.0 Å². The highest BCUT2D eigenvalue weighted by atomic mass is 127. The third-order valence-corrected chi connectivity index (χ3v) is 5.93. The summed E-state index contributed by atoms with van der Waals surface area (Å²) in [5.74, 6) is 2.08. The van der Waals surface area contributed by atoms with E-state index in [-0.39, 0.29) is 24.0 Å². The number of hydrogen-bond acceptors (Lipinski definition) is 4. The summed E-state index contributed by atoms with van der Waals surface area (Å²) < 4.78 is 0. The number of piperazine rings is 1. The van der Waals surface area contributed by atoms with Crippen LogP contribution in [0.2, 0.25) is 0 Å². The zero-order chi connectivity index (χ0) is 20.6. The molecule has 4 rings (SSSR count). The molecule has 2 fully saturated rings. The first kappa shape index (κ1) is 23.8. The second kappa shape index (κ2) is 12.2. The first-order valence-corrected chi connectivity index (χ1v) is 11.3. The van der Waals surface area contributed by atoms with Crippen LogP contribution in [0.25, 0.3) is 0 Å². The van der Waals surface area contributed by atoms with Gasteiger partial charge >= 0.3 is 0 Å². The SMILES string of the molecule is CCNC(=NCc1ccc(CN2CCCC2)cc1)N1CCN(c2ccccn2)CC1.I. The van der Waals surface area contributed by atoms with Gasteiger partial charge in [0, 0.05) is 45.5 Å². The minimum absolute atomic E-state index is 0. The average molecular weight is 534 g/mol. The molecule has 2 aliphatic heterocycles. The maximum atomic E-state index is 4.93. The van der Waals surface area contributed by atoms with Crippen molar-refractivity contribution >= 4 is 35.8 Å². The van der Waals surface area contributed by atoms with Crippen LogP contribution in [0.5, 0.6) is 0 Å². The van der Waals surface area contributed by atoms with Gasteiger partial charge < -0.3 is 15.1 Å². The van der Waals surface area contributed by atoms with Gasteiger partial charge in [-0.1, -0.05) is 30.3 Å². The van der Waals surface area contributed by atoms with Crippen molar-refractivity contribution in [1.82, 2.24) is 20.1 Å².